The van der Waals surface area contributed by atoms with Crippen molar-refractivity contribution >= 4 is 11.6 Å². The predicted octanol–water partition coefficient (Wildman–Crippen LogP) is 1.12. The largest absolute Gasteiger partial charge is 0.387 e. The van der Waals surface area contributed by atoms with Crippen LogP contribution in [0.4, 0.5) is 0 Å². The number of rotatable bonds is 2. The van der Waals surface area contributed by atoms with Crippen molar-refractivity contribution in [1.82, 2.24) is 4.98 Å². The van der Waals surface area contributed by atoms with Crippen LogP contribution in [0.25, 0.3) is 0 Å². The van der Waals surface area contributed by atoms with Gasteiger partial charge in [0.1, 0.15) is 5.15 Å². The predicted molar refractivity (Wildman–Crippen MR) is 47.9 cm³/mol. The Morgan fingerprint density at radius 3 is 2.83 bits per heavy atom. The zero-order valence-corrected chi connectivity index (χ0v) is 7.49. The lowest BCUT2D eigenvalue weighted by Crippen LogP contribution is -2.24. The minimum Gasteiger partial charge on any atom is -0.387 e. The summed E-state index contributed by atoms with van der Waals surface area (Å²) in [6.45, 7) is 1.74. The maximum Gasteiger partial charge on any atom is 0.129 e. The number of aliphatic hydroxyl groups is 1. The lowest BCUT2D eigenvalue weighted by atomic mass is 10.1. The first-order valence-electron chi connectivity index (χ1n) is 3.66. The number of pyridine rings is 1. The fraction of sp³-hybridized carbons (Fsp3) is 0.375. The Morgan fingerprint density at radius 2 is 2.33 bits per heavy atom. The van der Waals surface area contributed by atoms with E-state index in [-0.39, 0.29) is 6.04 Å². The highest BCUT2D eigenvalue weighted by atomic mass is 35.5. The first kappa shape index (κ1) is 9.45. The topological polar surface area (TPSA) is 59.1 Å². The SMILES string of the molecule is C[C@H](N)[C@@H](O)c1ccnc(Cl)c1. The molecule has 12 heavy (non-hydrogen) atoms. The van der Waals surface area contributed by atoms with E-state index in [9.17, 15) is 5.11 Å². The van der Waals surface area contributed by atoms with Gasteiger partial charge in [-0.05, 0) is 24.6 Å². The van der Waals surface area contributed by atoms with Gasteiger partial charge in [-0.3, -0.25) is 0 Å². The molecule has 1 rings (SSSR count). The van der Waals surface area contributed by atoms with Crippen molar-refractivity contribution in [3.05, 3.63) is 29.0 Å². The lowest BCUT2D eigenvalue weighted by molar-refractivity contribution is 0.153. The molecule has 3 N–H and O–H groups in total. The first-order chi connectivity index (χ1) is 5.61. The molecular weight excluding hydrogens is 176 g/mol. The molecule has 0 saturated heterocycles. The molecule has 0 aliphatic carbocycles. The van der Waals surface area contributed by atoms with Crippen LogP contribution in [-0.2, 0) is 0 Å². The van der Waals surface area contributed by atoms with Gasteiger partial charge in [-0.1, -0.05) is 11.6 Å². The molecule has 0 spiro atoms. The molecule has 0 aromatic carbocycles. The zero-order chi connectivity index (χ0) is 9.14. The zero-order valence-electron chi connectivity index (χ0n) is 6.74. The van der Waals surface area contributed by atoms with Crippen molar-refractivity contribution < 1.29 is 5.11 Å². The van der Waals surface area contributed by atoms with E-state index in [0.29, 0.717) is 10.7 Å². The summed E-state index contributed by atoms with van der Waals surface area (Å²) in [5.41, 5.74) is 6.20. The Morgan fingerprint density at radius 1 is 1.67 bits per heavy atom. The molecule has 0 aliphatic heterocycles. The first-order valence-corrected chi connectivity index (χ1v) is 4.04. The van der Waals surface area contributed by atoms with E-state index < -0.39 is 6.10 Å². The molecule has 0 bridgehead atoms. The third-order valence-electron chi connectivity index (χ3n) is 1.59. The number of hydrogen-bond donors (Lipinski definition) is 2. The summed E-state index contributed by atoms with van der Waals surface area (Å²) in [4.78, 5) is 3.80. The fourth-order valence-electron chi connectivity index (χ4n) is 0.905. The van der Waals surface area contributed by atoms with E-state index in [1.165, 1.54) is 0 Å². The van der Waals surface area contributed by atoms with Crippen LogP contribution in [0.3, 0.4) is 0 Å². The number of hydrogen-bond acceptors (Lipinski definition) is 3. The summed E-state index contributed by atoms with van der Waals surface area (Å²) in [5, 5.41) is 9.88. The molecule has 1 heterocycles. The van der Waals surface area contributed by atoms with Gasteiger partial charge in [0.05, 0.1) is 6.10 Å². The standard InChI is InChI=1S/C8H11ClN2O/c1-5(10)8(12)6-2-3-11-7(9)4-6/h2-5,8,12H,10H2,1H3/t5-,8+/m0/s1. The quantitative estimate of drug-likeness (QED) is 0.681. The van der Waals surface area contributed by atoms with E-state index in [1.54, 1.807) is 25.3 Å². The number of halogens is 1. The van der Waals surface area contributed by atoms with Gasteiger partial charge < -0.3 is 10.8 Å². The Labute approximate surface area is 76.2 Å². The van der Waals surface area contributed by atoms with Crippen molar-refractivity contribution in [2.45, 2.75) is 19.1 Å². The Bertz CT molecular complexity index is 265. The molecule has 4 heteroatoms. The van der Waals surface area contributed by atoms with Gasteiger partial charge in [0.15, 0.2) is 0 Å². The smallest absolute Gasteiger partial charge is 0.129 e. The van der Waals surface area contributed by atoms with Gasteiger partial charge in [0.25, 0.3) is 0 Å². The van der Waals surface area contributed by atoms with Crippen LogP contribution in [0.5, 0.6) is 0 Å². The molecule has 0 aliphatic rings. The van der Waals surface area contributed by atoms with E-state index in [2.05, 4.69) is 4.98 Å². The van der Waals surface area contributed by atoms with Crippen LogP contribution in [0.2, 0.25) is 5.15 Å². The number of nitrogens with zero attached hydrogens (tertiary/aromatic N) is 1. The van der Waals surface area contributed by atoms with E-state index in [4.69, 9.17) is 17.3 Å². The second-order valence-electron chi connectivity index (χ2n) is 2.72. The highest BCUT2D eigenvalue weighted by Gasteiger charge is 2.12. The fourth-order valence-corrected chi connectivity index (χ4v) is 1.09. The molecule has 1 aromatic heterocycles. The Balaban J connectivity index is 2.88. The molecule has 3 nitrogen and oxygen atoms in total. The molecule has 0 fully saturated rings. The van der Waals surface area contributed by atoms with E-state index >= 15 is 0 Å². The second-order valence-corrected chi connectivity index (χ2v) is 3.10. The maximum absolute atomic E-state index is 9.51. The second kappa shape index (κ2) is 3.85. The van der Waals surface area contributed by atoms with Crippen molar-refractivity contribution in [3.63, 3.8) is 0 Å². The lowest BCUT2D eigenvalue weighted by Gasteiger charge is -2.14. The molecule has 1 aromatic rings. The van der Waals surface area contributed by atoms with Crippen molar-refractivity contribution in [1.29, 1.82) is 0 Å². The van der Waals surface area contributed by atoms with Crippen LogP contribution in [0.1, 0.15) is 18.6 Å². The summed E-state index contributed by atoms with van der Waals surface area (Å²) < 4.78 is 0. The summed E-state index contributed by atoms with van der Waals surface area (Å²) >= 11 is 5.63. The van der Waals surface area contributed by atoms with Gasteiger partial charge in [-0.15, -0.1) is 0 Å². The average Bonchev–Trinajstić information content (AvgIpc) is 2.03. The van der Waals surface area contributed by atoms with Crippen molar-refractivity contribution in [2.75, 3.05) is 0 Å². The maximum atomic E-state index is 9.51. The molecule has 0 unspecified atom stereocenters. The molecule has 0 amide bonds. The highest BCUT2D eigenvalue weighted by molar-refractivity contribution is 6.29. The Kier molecular flexibility index (Phi) is 3.03. The average molecular weight is 187 g/mol. The monoisotopic (exact) mass is 186 g/mol. The normalized spacial score (nSPS) is 15.7. The molecule has 0 radical (unpaired) electrons. The number of nitrogens with two attached hydrogens (primary N) is 1. The third-order valence-corrected chi connectivity index (χ3v) is 1.80. The minimum atomic E-state index is -0.675. The summed E-state index contributed by atoms with van der Waals surface area (Å²) in [7, 11) is 0. The molecular formula is C8H11ClN2O. The summed E-state index contributed by atoms with van der Waals surface area (Å²) in [5.74, 6) is 0. The van der Waals surface area contributed by atoms with E-state index in [0.717, 1.165) is 0 Å². The van der Waals surface area contributed by atoms with Crippen molar-refractivity contribution in [2.24, 2.45) is 5.73 Å². The molecule has 2 atom stereocenters. The van der Waals surface area contributed by atoms with Crippen LogP contribution < -0.4 is 5.73 Å². The van der Waals surface area contributed by atoms with Gasteiger partial charge in [0.2, 0.25) is 0 Å². The van der Waals surface area contributed by atoms with Gasteiger partial charge in [-0.2, -0.15) is 0 Å². The highest BCUT2D eigenvalue weighted by Crippen LogP contribution is 2.17. The van der Waals surface area contributed by atoms with Gasteiger partial charge in [-0.25, -0.2) is 4.98 Å². The van der Waals surface area contributed by atoms with Crippen LogP contribution >= 0.6 is 11.6 Å². The minimum absolute atomic E-state index is 0.302. The van der Waals surface area contributed by atoms with Crippen LogP contribution in [-0.4, -0.2) is 16.1 Å². The van der Waals surface area contributed by atoms with E-state index in [1.807, 2.05) is 0 Å². The Hall–Kier alpha value is -0.640. The van der Waals surface area contributed by atoms with Gasteiger partial charge in [0, 0.05) is 12.2 Å². The summed E-state index contributed by atoms with van der Waals surface area (Å²) in [6.07, 6.45) is 0.869. The third kappa shape index (κ3) is 2.17. The molecule has 66 valence electrons. The van der Waals surface area contributed by atoms with Gasteiger partial charge >= 0.3 is 0 Å². The van der Waals surface area contributed by atoms with Crippen molar-refractivity contribution in [3.8, 4) is 0 Å². The number of aliphatic hydroxyl groups excluding tert-OH is 1. The number of aromatic nitrogens is 1. The summed E-state index contributed by atoms with van der Waals surface area (Å²) in [6, 6.07) is 3.00. The van der Waals surface area contributed by atoms with Crippen LogP contribution in [0.15, 0.2) is 18.3 Å². The van der Waals surface area contributed by atoms with Crippen LogP contribution in [0, 0.1) is 0 Å². The molecule has 0 saturated carbocycles.